The Hall–Kier alpha value is -2.92. The number of benzene rings is 2. The average molecular weight is 437 g/mol. The van der Waals surface area contributed by atoms with Crippen molar-refractivity contribution in [2.24, 2.45) is 0 Å². The number of hydrogen-bond acceptors (Lipinski definition) is 2. The van der Waals surface area contributed by atoms with Gasteiger partial charge in [0.25, 0.3) is 5.56 Å². The van der Waals surface area contributed by atoms with E-state index in [-0.39, 0.29) is 11.3 Å². The number of nitrogens with one attached hydrogen (secondary N) is 1. The Morgan fingerprint density at radius 3 is 2.26 bits per heavy atom. The van der Waals surface area contributed by atoms with E-state index in [9.17, 15) is 27.6 Å². The number of H-pyrrole nitrogens is 1. The number of hydrogen-bond donors (Lipinski definition) is 1. The molecule has 136 valence electrons. The van der Waals surface area contributed by atoms with Crippen molar-refractivity contribution in [2.45, 2.75) is 6.18 Å². The molecular formula is C19H9BrF4N2O. The number of nitrogens with zero attached hydrogens (tertiary/aromatic N) is 1. The summed E-state index contributed by atoms with van der Waals surface area (Å²) in [7, 11) is 0. The second kappa shape index (κ2) is 7.00. The predicted octanol–water partition coefficient (Wildman–Crippen LogP) is 5.50. The lowest BCUT2D eigenvalue weighted by molar-refractivity contribution is -0.137. The Labute approximate surface area is 159 Å². The van der Waals surface area contributed by atoms with E-state index in [1.54, 1.807) is 30.3 Å². The monoisotopic (exact) mass is 436 g/mol. The Morgan fingerprint density at radius 1 is 1.00 bits per heavy atom. The second-order valence-electron chi connectivity index (χ2n) is 5.61. The van der Waals surface area contributed by atoms with Gasteiger partial charge in [0, 0.05) is 21.3 Å². The summed E-state index contributed by atoms with van der Waals surface area (Å²) in [6.07, 6.45) is -4.69. The fourth-order valence-corrected chi connectivity index (χ4v) is 2.84. The van der Waals surface area contributed by atoms with Crippen molar-refractivity contribution < 1.29 is 17.6 Å². The van der Waals surface area contributed by atoms with Crippen LogP contribution in [0.3, 0.4) is 0 Å². The van der Waals surface area contributed by atoms with Crippen molar-refractivity contribution in [1.29, 1.82) is 5.26 Å². The largest absolute Gasteiger partial charge is 0.416 e. The molecule has 3 nitrogen and oxygen atoms in total. The zero-order valence-corrected chi connectivity index (χ0v) is 15.0. The number of aromatic amines is 1. The number of alkyl halides is 3. The van der Waals surface area contributed by atoms with E-state index in [2.05, 4.69) is 20.9 Å². The van der Waals surface area contributed by atoms with Crippen molar-refractivity contribution in [3.63, 3.8) is 0 Å². The highest BCUT2D eigenvalue weighted by atomic mass is 79.9. The minimum absolute atomic E-state index is 0.206. The molecule has 0 spiro atoms. The first-order chi connectivity index (χ1) is 12.7. The lowest BCUT2D eigenvalue weighted by Gasteiger charge is -2.12. The first-order valence-corrected chi connectivity index (χ1v) is 8.30. The van der Waals surface area contributed by atoms with Crippen LogP contribution in [0.1, 0.15) is 11.1 Å². The zero-order chi connectivity index (χ0) is 19.8. The molecule has 0 saturated carbocycles. The van der Waals surface area contributed by atoms with Crippen LogP contribution in [0, 0.1) is 17.1 Å². The fraction of sp³-hybridized carbons (Fsp3) is 0.0526. The van der Waals surface area contributed by atoms with Gasteiger partial charge in [0.2, 0.25) is 0 Å². The van der Waals surface area contributed by atoms with Crippen molar-refractivity contribution in [3.05, 3.63) is 80.3 Å². The molecule has 0 aliphatic rings. The summed E-state index contributed by atoms with van der Waals surface area (Å²) in [4.78, 5) is 14.8. The van der Waals surface area contributed by atoms with E-state index in [1.807, 2.05) is 0 Å². The number of aromatic nitrogens is 1. The van der Waals surface area contributed by atoms with Crippen LogP contribution in [0.4, 0.5) is 17.6 Å². The van der Waals surface area contributed by atoms with Crippen molar-refractivity contribution in [3.8, 4) is 28.5 Å². The zero-order valence-electron chi connectivity index (χ0n) is 13.4. The molecule has 0 amide bonds. The third-order valence-electron chi connectivity index (χ3n) is 3.88. The minimum Gasteiger partial charge on any atom is -0.321 e. The summed E-state index contributed by atoms with van der Waals surface area (Å²) in [6.45, 7) is 0. The maximum Gasteiger partial charge on any atom is 0.416 e. The highest BCUT2D eigenvalue weighted by molar-refractivity contribution is 9.10. The lowest BCUT2D eigenvalue weighted by Crippen LogP contribution is -2.13. The van der Waals surface area contributed by atoms with Gasteiger partial charge in [-0.2, -0.15) is 18.4 Å². The second-order valence-corrected chi connectivity index (χ2v) is 6.53. The topological polar surface area (TPSA) is 56.6 Å². The van der Waals surface area contributed by atoms with Crippen molar-refractivity contribution >= 4 is 15.9 Å². The molecule has 0 unspecified atom stereocenters. The molecule has 8 heteroatoms. The van der Waals surface area contributed by atoms with Gasteiger partial charge < -0.3 is 4.98 Å². The molecule has 27 heavy (non-hydrogen) atoms. The van der Waals surface area contributed by atoms with Crippen LogP contribution in [0.5, 0.6) is 0 Å². The van der Waals surface area contributed by atoms with E-state index in [1.165, 1.54) is 6.07 Å². The lowest BCUT2D eigenvalue weighted by atomic mass is 9.97. The predicted molar refractivity (Wildman–Crippen MR) is 95.3 cm³/mol. The van der Waals surface area contributed by atoms with E-state index in [0.29, 0.717) is 23.8 Å². The van der Waals surface area contributed by atoms with Gasteiger partial charge in [-0.15, -0.1) is 0 Å². The first kappa shape index (κ1) is 18.9. The molecule has 0 atom stereocenters. The van der Waals surface area contributed by atoms with Gasteiger partial charge in [0.1, 0.15) is 17.4 Å². The molecular weight excluding hydrogens is 428 g/mol. The summed E-state index contributed by atoms with van der Waals surface area (Å²) in [5, 5.41) is 9.26. The van der Waals surface area contributed by atoms with Crippen LogP contribution in [-0.2, 0) is 6.18 Å². The van der Waals surface area contributed by atoms with Crippen LogP contribution >= 0.6 is 15.9 Å². The molecule has 0 saturated heterocycles. The van der Waals surface area contributed by atoms with Gasteiger partial charge in [-0.05, 0) is 42.0 Å². The van der Waals surface area contributed by atoms with Crippen molar-refractivity contribution in [1.82, 2.24) is 4.98 Å². The summed E-state index contributed by atoms with van der Waals surface area (Å²) in [5.41, 5.74) is -2.23. The minimum atomic E-state index is -4.69. The number of halogens is 5. The average Bonchev–Trinajstić information content (AvgIpc) is 2.61. The van der Waals surface area contributed by atoms with Gasteiger partial charge >= 0.3 is 6.18 Å². The van der Waals surface area contributed by atoms with Gasteiger partial charge in [0.15, 0.2) is 0 Å². The normalized spacial score (nSPS) is 11.3. The van der Waals surface area contributed by atoms with Gasteiger partial charge in [-0.1, -0.05) is 28.1 Å². The van der Waals surface area contributed by atoms with E-state index >= 15 is 0 Å². The van der Waals surface area contributed by atoms with E-state index in [4.69, 9.17) is 0 Å². The molecule has 0 bridgehead atoms. The smallest absolute Gasteiger partial charge is 0.321 e. The molecule has 2 aromatic carbocycles. The maximum atomic E-state index is 14.3. The van der Waals surface area contributed by atoms with Crippen LogP contribution in [0.2, 0.25) is 0 Å². The molecule has 1 aromatic heterocycles. The highest BCUT2D eigenvalue weighted by Crippen LogP contribution is 2.35. The van der Waals surface area contributed by atoms with E-state index < -0.39 is 34.2 Å². The summed E-state index contributed by atoms with van der Waals surface area (Å²) in [5.74, 6) is -0.966. The third kappa shape index (κ3) is 3.78. The van der Waals surface area contributed by atoms with Crippen molar-refractivity contribution in [2.75, 3.05) is 0 Å². The number of pyridine rings is 1. The van der Waals surface area contributed by atoms with Gasteiger partial charge in [-0.25, -0.2) is 4.39 Å². The summed E-state index contributed by atoms with van der Waals surface area (Å²) in [6, 6.07) is 11.5. The van der Waals surface area contributed by atoms with Crippen LogP contribution in [-0.4, -0.2) is 4.98 Å². The Morgan fingerprint density at radius 2 is 1.67 bits per heavy atom. The molecule has 3 rings (SSSR count). The molecule has 0 aliphatic heterocycles. The first-order valence-electron chi connectivity index (χ1n) is 7.51. The SMILES string of the molecule is N#Cc1c(-c2cc(C(F)(F)F)ccc2F)cc(-c2ccc(Br)cc2)[nH]c1=O. The molecule has 0 aliphatic carbocycles. The van der Waals surface area contributed by atoms with Crippen LogP contribution in [0.15, 0.2) is 57.8 Å². The number of nitriles is 1. The fourth-order valence-electron chi connectivity index (χ4n) is 2.58. The molecule has 3 aromatic rings. The Kier molecular flexibility index (Phi) is 4.89. The highest BCUT2D eigenvalue weighted by Gasteiger charge is 2.31. The Balaban J connectivity index is 2.28. The molecule has 1 heterocycles. The van der Waals surface area contributed by atoms with Gasteiger partial charge in [-0.3, -0.25) is 4.79 Å². The van der Waals surface area contributed by atoms with Crippen LogP contribution < -0.4 is 5.56 Å². The summed E-state index contributed by atoms with van der Waals surface area (Å²) < 4.78 is 54.1. The maximum absolute atomic E-state index is 14.3. The van der Waals surface area contributed by atoms with Gasteiger partial charge in [0.05, 0.1) is 5.56 Å². The standard InChI is InChI=1S/C19H9BrF4N2O/c20-12-4-1-10(2-5-12)17-8-13(15(9-25)18(27)26-17)14-7-11(19(22,23)24)3-6-16(14)21/h1-8H,(H,26,27). The Bertz CT molecular complexity index is 1110. The third-order valence-corrected chi connectivity index (χ3v) is 4.41. The summed E-state index contributed by atoms with van der Waals surface area (Å²) >= 11 is 3.27. The quantitative estimate of drug-likeness (QED) is 0.539. The molecule has 1 N–H and O–H groups in total. The molecule has 0 radical (unpaired) electrons. The van der Waals surface area contributed by atoms with E-state index in [0.717, 1.165) is 4.47 Å². The number of rotatable bonds is 2. The molecule has 0 fully saturated rings. The van der Waals surface area contributed by atoms with Crippen LogP contribution in [0.25, 0.3) is 22.4 Å².